The van der Waals surface area contributed by atoms with E-state index in [0.29, 0.717) is 0 Å². The van der Waals surface area contributed by atoms with Crippen LogP contribution in [-0.2, 0) is 0 Å². The normalized spacial score (nSPS) is 12.9. The van der Waals surface area contributed by atoms with E-state index in [9.17, 15) is 13.2 Å². The minimum absolute atomic E-state index is 0. The molecule has 0 rings (SSSR count). The summed E-state index contributed by atoms with van der Waals surface area (Å²) in [5.74, 6) is 0. The fourth-order valence-corrected chi connectivity index (χ4v) is 0.597. The Balaban J connectivity index is 0. The Morgan fingerprint density at radius 3 is 2.00 bits per heavy atom. The van der Waals surface area contributed by atoms with Gasteiger partial charge in [-0.3, -0.25) is 4.99 Å². The highest BCUT2D eigenvalue weighted by Crippen LogP contribution is 2.23. The van der Waals surface area contributed by atoms with E-state index in [2.05, 4.69) is 4.99 Å². The van der Waals surface area contributed by atoms with E-state index >= 15 is 0 Å². The van der Waals surface area contributed by atoms with Crippen molar-refractivity contribution in [2.45, 2.75) is 6.18 Å². The third-order valence-electron chi connectivity index (χ3n) is 0.993. The zero-order chi connectivity index (χ0) is 9.78. The van der Waals surface area contributed by atoms with Crippen molar-refractivity contribution in [3.63, 3.8) is 0 Å². The van der Waals surface area contributed by atoms with Gasteiger partial charge in [-0.25, -0.2) is 0 Å². The Kier molecular flexibility index (Phi) is 6.66. The Bertz CT molecular complexity index is 196. The van der Waals surface area contributed by atoms with Crippen molar-refractivity contribution in [2.75, 3.05) is 21.1 Å². The number of allylic oxidation sites excluding steroid dienone is 1. The zero-order valence-electron chi connectivity index (χ0n) is 7.59. The molecular weight excluding hydrogens is 205 g/mol. The molecular formula is C7H12ClF3N2. The van der Waals surface area contributed by atoms with Gasteiger partial charge in [-0.1, -0.05) is 0 Å². The maximum Gasteiger partial charge on any atom is 0.419 e. The molecule has 2 nitrogen and oxygen atoms in total. The largest absolute Gasteiger partial charge is 0.419 e. The van der Waals surface area contributed by atoms with Crippen molar-refractivity contribution >= 4 is 18.6 Å². The molecule has 0 aromatic carbocycles. The lowest BCUT2D eigenvalue weighted by Gasteiger charge is -2.10. The molecule has 0 radical (unpaired) electrons. The monoisotopic (exact) mass is 216 g/mol. The third kappa shape index (κ3) is 6.45. The molecule has 0 aliphatic heterocycles. The van der Waals surface area contributed by atoms with Crippen LogP contribution in [0, 0.1) is 0 Å². The molecule has 0 fully saturated rings. The fourth-order valence-electron chi connectivity index (χ4n) is 0.597. The second-order valence-electron chi connectivity index (χ2n) is 2.43. The van der Waals surface area contributed by atoms with Gasteiger partial charge in [-0.15, -0.1) is 12.4 Å². The minimum Gasteiger partial charge on any atom is -0.383 e. The van der Waals surface area contributed by atoms with Gasteiger partial charge in [0.25, 0.3) is 0 Å². The summed E-state index contributed by atoms with van der Waals surface area (Å²) in [4.78, 5) is 4.64. The first-order valence-corrected chi connectivity index (χ1v) is 3.25. The zero-order valence-corrected chi connectivity index (χ0v) is 8.41. The Labute approximate surface area is 81.5 Å². The summed E-state index contributed by atoms with van der Waals surface area (Å²) in [6.07, 6.45) is -2.56. The molecule has 0 aromatic rings. The lowest BCUT2D eigenvalue weighted by Crippen LogP contribution is -2.16. The second-order valence-corrected chi connectivity index (χ2v) is 2.43. The molecule has 0 unspecified atom stereocenters. The SMILES string of the molecule is C/N=C\C(=C\N(C)C)C(F)(F)F.Cl. The van der Waals surface area contributed by atoms with Crippen LogP contribution in [0.2, 0.25) is 0 Å². The number of hydrogen-bond donors (Lipinski definition) is 0. The van der Waals surface area contributed by atoms with E-state index in [1.807, 2.05) is 0 Å². The Morgan fingerprint density at radius 2 is 1.77 bits per heavy atom. The second kappa shape index (κ2) is 5.85. The van der Waals surface area contributed by atoms with E-state index < -0.39 is 11.7 Å². The average molecular weight is 217 g/mol. The highest BCUT2D eigenvalue weighted by molar-refractivity contribution is 5.85. The summed E-state index contributed by atoms with van der Waals surface area (Å²) in [6.45, 7) is 0. The summed E-state index contributed by atoms with van der Waals surface area (Å²) >= 11 is 0. The fraction of sp³-hybridized carbons (Fsp3) is 0.571. The molecule has 0 saturated heterocycles. The molecule has 0 atom stereocenters. The predicted octanol–water partition coefficient (Wildman–Crippen LogP) is 2.12. The van der Waals surface area contributed by atoms with Crippen LogP contribution in [-0.4, -0.2) is 38.4 Å². The number of hydrogen-bond acceptors (Lipinski definition) is 2. The minimum atomic E-state index is -4.33. The highest BCUT2D eigenvalue weighted by atomic mass is 35.5. The van der Waals surface area contributed by atoms with Gasteiger partial charge < -0.3 is 4.90 Å². The van der Waals surface area contributed by atoms with Crippen LogP contribution in [0.25, 0.3) is 0 Å². The van der Waals surface area contributed by atoms with Crippen molar-refractivity contribution in [1.82, 2.24) is 4.90 Å². The predicted molar refractivity (Wildman–Crippen MR) is 49.5 cm³/mol. The van der Waals surface area contributed by atoms with Crippen LogP contribution >= 0.6 is 12.4 Å². The van der Waals surface area contributed by atoms with Gasteiger partial charge in [0.1, 0.15) is 0 Å². The van der Waals surface area contributed by atoms with Crippen LogP contribution in [0.5, 0.6) is 0 Å². The van der Waals surface area contributed by atoms with Gasteiger partial charge in [0.05, 0.1) is 5.57 Å². The lowest BCUT2D eigenvalue weighted by atomic mass is 10.3. The first-order valence-electron chi connectivity index (χ1n) is 3.25. The maximum absolute atomic E-state index is 12.1. The van der Waals surface area contributed by atoms with E-state index in [-0.39, 0.29) is 12.4 Å². The molecule has 13 heavy (non-hydrogen) atoms. The van der Waals surface area contributed by atoms with Gasteiger partial charge in [0.2, 0.25) is 0 Å². The van der Waals surface area contributed by atoms with E-state index in [1.54, 1.807) is 0 Å². The van der Waals surface area contributed by atoms with Crippen LogP contribution in [0.4, 0.5) is 13.2 Å². The lowest BCUT2D eigenvalue weighted by molar-refractivity contribution is -0.0864. The van der Waals surface area contributed by atoms with Crippen molar-refractivity contribution in [3.05, 3.63) is 11.8 Å². The van der Waals surface area contributed by atoms with E-state index in [0.717, 1.165) is 12.4 Å². The van der Waals surface area contributed by atoms with Gasteiger partial charge in [0, 0.05) is 33.6 Å². The smallest absolute Gasteiger partial charge is 0.383 e. The van der Waals surface area contributed by atoms with Crippen molar-refractivity contribution < 1.29 is 13.2 Å². The quantitative estimate of drug-likeness (QED) is 0.646. The van der Waals surface area contributed by atoms with Crippen molar-refractivity contribution in [2.24, 2.45) is 4.99 Å². The van der Waals surface area contributed by atoms with Gasteiger partial charge in [-0.05, 0) is 0 Å². The summed E-state index contributed by atoms with van der Waals surface area (Å²) in [7, 11) is 4.35. The molecule has 78 valence electrons. The number of nitrogens with zero attached hydrogens (tertiary/aromatic N) is 2. The molecule has 0 aliphatic rings. The molecule has 0 aliphatic carbocycles. The summed E-state index contributed by atoms with van der Waals surface area (Å²) < 4.78 is 36.2. The first-order chi connectivity index (χ1) is 5.38. The topological polar surface area (TPSA) is 15.6 Å². The van der Waals surface area contributed by atoms with Crippen molar-refractivity contribution in [1.29, 1.82) is 0 Å². The molecule has 0 spiro atoms. The van der Waals surface area contributed by atoms with Crippen molar-refractivity contribution in [3.8, 4) is 0 Å². The number of rotatable bonds is 2. The van der Waals surface area contributed by atoms with Gasteiger partial charge >= 0.3 is 6.18 Å². The molecule has 6 heteroatoms. The van der Waals surface area contributed by atoms with Crippen LogP contribution in [0.1, 0.15) is 0 Å². The molecule has 0 heterocycles. The molecule has 0 amide bonds. The Hall–Kier alpha value is -0.710. The van der Waals surface area contributed by atoms with Gasteiger partial charge in [-0.2, -0.15) is 13.2 Å². The standard InChI is InChI=1S/C7H11F3N2.ClH/c1-11-4-6(5-12(2)3)7(8,9)10;/h4-5H,1-3H3;1H/b6-5-,11-4-;. The van der Waals surface area contributed by atoms with Crippen LogP contribution in [0.3, 0.4) is 0 Å². The summed E-state index contributed by atoms with van der Waals surface area (Å²) in [5, 5.41) is 0. The van der Waals surface area contributed by atoms with Crippen LogP contribution in [0.15, 0.2) is 16.8 Å². The molecule has 0 bridgehead atoms. The summed E-state index contributed by atoms with van der Waals surface area (Å²) in [5.41, 5.74) is -0.755. The van der Waals surface area contributed by atoms with E-state index in [4.69, 9.17) is 0 Å². The van der Waals surface area contributed by atoms with Gasteiger partial charge in [0.15, 0.2) is 0 Å². The highest BCUT2D eigenvalue weighted by Gasteiger charge is 2.32. The summed E-state index contributed by atoms with van der Waals surface area (Å²) in [6, 6.07) is 0. The number of alkyl halides is 3. The Morgan fingerprint density at radius 1 is 1.31 bits per heavy atom. The van der Waals surface area contributed by atoms with Crippen LogP contribution < -0.4 is 0 Å². The molecule has 0 aromatic heterocycles. The third-order valence-corrected chi connectivity index (χ3v) is 0.993. The van der Waals surface area contributed by atoms with E-state index in [1.165, 1.54) is 26.0 Å². The molecule has 0 saturated carbocycles. The first kappa shape index (κ1) is 14.8. The number of aliphatic imine (C=N–C) groups is 1. The maximum atomic E-state index is 12.1. The average Bonchev–Trinajstić information content (AvgIpc) is 1.83. The number of halogens is 4. The molecule has 0 N–H and O–H groups in total.